The first-order valence-corrected chi connectivity index (χ1v) is 6.17. The van der Waals surface area contributed by atoms with Crippen LogP contribution in [0, 0.1) is 12.8 Å². The fourth-order valence-corrected chi connectivity index (χ4v) is 2.03. The molecule has 0 bridgehead atoms. The monoisotopic (exact) mass is 226 g/mol. The average Bonchev–Trinajstić information content (AvgIpc) is 2.58. The zero-order valence-corrected chi connectivity index (χ0v) is 10.4. The number of aryl methyl sites for hydroxylation is 1. The van der Waals surface area contributed by atoms with Gasteiger partial charge in [-0.25, -0.2) is 4.98 Å². The van der Waals surface area contributed by atoms with Gasteiger partial charge in [0.05, 0.1) is 11.2 Å². The molecule has 0 unspecified atom stereocenters. The van der Waals surface area contributed by atoms with Crippen molar-refractivity contribution in [1.29, 1.82) is 0 Å². The minimum Gasteiger partial charge on any atom is -0.351 e. The Hall–Kier alpha value is -0.900. The fourth-order valence-electron chi connectivity index (χ4n) is 1.31. The number of carbonyl (C=O) groups excluding carboxylic acids is 1. The van der Waals surface area contributed by atoms with Crippen LogP contribution in [0.3, 0.4) is 0 Å². The van der Waals surface area contributed by atoms with Gasteiger partial charge in [-0.3, -0.25) is 4.79 Å². The highest BCUT2D eigenvalue weighted by Crippen LogP contribution is 2.11. The van der Waals surface area contributed by atoms with Crippen LogP contribution in [0.1, 0.15) is 42.1 Å². The first-order chi connectivity index (χ1) is 7.11. The SMILES string of the molecule is Cc1ncsc1C(=O)NCCCC(C)C. The molecule has 0 fully saturated rings. The molecule has 0 saturated carbocycles. The maximum Gasteiger partial charge on any atom is 0.263 e. The van der Waals surface area contributed by atoms with Crippen LogP contribution in [-0.2, 0) is 0 Å². The molecule has 0 aliphatic carbocycles. The normalized spacial score (nSPS) is 10.7. The third kappa shape index (κ3) is 4.00. The molecule has 0 radical (unpaired) electrons. The van der Waals surface area contributed by atoms with Crippen molar-refractivity contribution in [2.75, 3.05) is 6.54 Å². The van der Waals surface area contributed by atoms with E-state index in [1.54, 1.807) is 5.51 Å². The van der Waals surface area contributed by atoms with E-state index in [1.807, 2.05) is 6.92 Å². The van der Waals surface area contributed by atoms with Gasteiger partial charge >= 0.3 is 0 Å². The molecule has 4 heteroatoms. The van der Waals surface area contributed by atoms with Crippen molar-refractivity contribution in [1.82, 2.24) is 10.3 Å². The first kappa shape index (κ1) is 12.2. The van der Waals surface area contributed by atoms with Crippen LogP contribution in [0.4, 0.5) is 0 Å². The molecule has 0 saturated heterocycles. The summed E-state index contributed by atoms with van der Waals surface area (Å²) in [6, 6.07) is 0. The van der Waals surface area contributed by atoms with Gasteiger partial charge < -0.3 is 5.32 Å². The molecule has 0 spiro atoms. The Labute approximate surface area is 94.9 Å². The van der Waals surface area contributed by atoms with E-state index >= 15 is 0 Å². The zero-order valence-electron chi connectivity index (χ0n) is 9.54. The van der Waals surface area contributed by atoms with Crippen molar-refractivity contribution in [2.24, 2.45) is 5.92 Å². The highest BCUT2D eigenvalue weighted by molar-refractivity contribution is 7.11. The maximum atomic E-state index is 11.6. The molecule has 1 rings (SSSR count). The van der Waals surface area contributed by atoms with Crippen molar-refractivity contribution in [2.45, 2.75) is 33.6 Å². The van der Waals surface area contributed by atoms with E-state index in [-0.39, 0.29) is 5.91 Å². The molecular weight excluding hydrogens is 208 g/mol. The minimum absolute atomic E-state index is 0.0127. The van der Waals surface area contributed by atoms with Gasteiger partial charge in [0.15, 0.2) is 0 Å². The predicted molar refractivity (Wildman–Crippen MR) is 63.3 cm³/mol. The lowest BCUT2D eigenvalue weighted by molar-refractivity contribution is 0.0956. The summed E-state index contributed by atoms with van der Waals surface area (Å²) < 4.78 is 0. The standard InChI is InChI=1S/C11H18N2OS/c1-8(2)5-4-6-12-11(14)10-9(3)13-7-15-10/h7-8H,4-6H2,1-3H3,(H,12,14). The third-order valence-corrected chi connectivity index (χ3v) is 3.12. The number of aromatic nitrogens is 1. The average molecular weight is 226 g/mol. The highest BCUT2D eigenvalue weighted by atomic mass is 32.1. The Balaban J connectivity index is 2.28. The molecule has 1 amide bonds. The van der Waals surface area contributed by atoms with E-state index in [1.165, 1.54) is 11.3 Å². The molecule has 15 heavy (non-hydrogen) atoms. The Morgan fingerprint density at radius 2 is 2.33 bits per heavy atom. The summed E-state index contributed by atoms with van der Waals surface area (Å²) in [5.74, 6) is 0.714. The van der Waals surface area contributed by atoms with Crippen LogP contribution in [0.25, 0.3) is 0 Å². The summed E-state index contributed by atoms with van der Waals surface area (Å²) >= 11 is 1.40. The lowest BCUT2D eigenvalue weighted by Crippen LogP contribution is -2.24. The van der Waals surface area contributed by atoms with E-state index in [0.717, 1.165) is 30.0 Å². The number of nitrogens with one attached hydrogen (secondary N) is 1. The molecule has 1 aromatic rings. The van der Waals surface area contributed by atoms with Crippen LogP contribution >= 0.6 is 11.3 Å². The molecular formula is C11H18N2OS. The summed E-state index contributed by atoms with van der Waals surface area (Å²) in [6.45, 7) is 7.00. The van der Waals surface area contributed by atoms with Crippen LogP contribution in [0.2, 0.25) is 0 Å². The van der Waals surface area contributed by atoms with Crippen molar-refractivity contribution in [3.8, 4) is 0 Å². The second-order valence-electron chi connectivity index (χ2n) is 4.06. The molecule has 0 aliphatic rings. The molecule has 84 valence electrons. The molecule has 0 aliphatic heterocycles. The number of hydrogen-bond acceptors (Lipinski definition) is 3. The van der Waals surface area contributed by atoms with Crippen LogP contribution < -0.4 is 5.32 Å². The number of hydrogen-bond donors (Lipinski definition) is 1. The van der Waals surface area contributed by atoms with Crippen molar-refractivity contribution in [3.05, 3.63) is 16.1 Å². The second-order valence-corrected chi connectivity index (χ2v) is 4.91. The van der Waals surface area contributed by atoms with Gasteiger partial charge in [0.25, 0.3) is 5.91 Å². The van der Waals surface area contributed by atoms with Gasteiger partial charge in [-0.05, 0) is 25.7 Å². The van der Waals surface area contributed by atoms with Crippen LogP contribution in [-0.4, -0.2) is 17.4 Å². The smallest absolute Gasteiger partial charge is 0.263 e. The molecule has 3 nitrogen and oxygen atoms in total. The van der Waals surface area contributed by atoms with Crippen molar-refractivity contribution >= 4 is 17.2 Å². The van der Waals surface area contributed by atoms with Gasteiger partial charge in [0.2, 0.25) is 0 Å². The molecule has 1 heterocycles. The minimum atomic E-state index is 0.0127. The number of carbonyl (C=O) groups is 1. The van der Waals surface area contributed by atoms with Gasteiger partial charge in [0, 0.05) is 6.54 Å². The Morgan fingerprint density at radius 3 is 2.87 bits per heavy atom. The van der Waals surface area contributed by atoms with E-state index < -0.39 is 0 Å². The van der Waals surface area contributed by atoms with E-state index in [4.69, 9.17) is 0 Å². The first-order valence-electron chi connectivity index (χ1n) is 5.29. The van der Waals surface area contributed by atoms with Crippen molar-refractivity contribution in [3.63, 3.8) is 0 Å². The van der Waals surface area contributed by atoms with Gasteiger partial charge in [-0.1, -0.05) is 13.8 Å². The summed E-state index contributed by atoms with van der Waals surface area (Å²) in [6.07, 6.45) is 2.20. The fraction of sp³-hybridized carbons (Fsp3) is 0.636. The predicted octanol–water partition coefficient (Wildman–Crippen LogP) is 2.62. The number of nitrogens with zero attached hydrogens (tertiary/aromatic N) is 1. The third-order valence-electron chi connectivity index (χ3n) is 2.20. The van der Waals surface area contributed by atoms with Gasteiger partial charge in [0.1, 0.15) is 4.88 Å². The Kier molecular flexibility index (Phi) is 4.75. The zero-order chi connectivity index (χ0) is 11.3. The van der Waals surface area contributed by atoms with Crippen LogP contribution in [0.5, 0.6) is 0 Å². The molecule has 0 aromatic carbocycles. The topological polar surface area (TPSA) is 42.0 Å². The van der Waals surface area contributed by atoms with Gasteiger partial charge in [-0.2, -0.15) is 0 Å². The van der Waals surface area contributed by atoms with E-state index in [9.17, 15) is 4.79 Å². The lowest BCUT2D eigenvalue weighted by Gasteiger charge is -2.05. The summed E-state index contributed by atoms with van der Waals surface area (Å²) in [5, 5.41) is 2.91. The second kappa shape index (κ2) is 5.85. The van der Waals surface area contributed by atoms with E-state index in [0.29, 0.717) is 5.92 Å². The number of rotatable bonds is 5. The quantitative estimate of drug-likeness (QED) is 0.784. The van der Waals surface area contributed by atoms with Crippen LogP contribution in [0.15, 0.2) is 5.51 Å². The molecule has 1 N–H and O–H groups in total. The largest absolute Gasteiger partial charge is 0.351 e. The summed E-state index contributed by atoms with van der Waals surface area (Å²) in [7, 11) is 0. The molecule has 0 atom stereocenters. The molecule has 1 aromatic heterocycles. The number of thiazole rings is 1. The maximum absolute atomic E-state index is 11.6. The Bertz CT molecular complexity index is 320. The van der Waals surface area contributed by atoms with Crippen molar-refractivity contribution < 1.29 is 4.79 Å². The van der Waals surface area contributed by atoms with Gasteiger partial charge in [-0.15, -0.1) is 11.3 Å². The number of amides is 1. The highest BCUT2D eigenvalue weighted by Gasteiger charge is 2.10. The summed E-state index contributed by atoms with van der Waals surface area (Å²) in [4.78, 5) is 16.4. The summed E-state index contributed by atoms with van der Waals surface area (Å²) in [5.41, 5.74) is 2.53. The lowest BCUT2D eigenvalue weighted by atomic mass is 10.1. The van der Waals surface area contributed by atoms with E-state index in [2.05, 4.69) is 24.1 Å². The Morgan fingerprint density at radius 1 is 1.60 bits per heavy atom.